The molecule has 1 aromatic carbocycles. The molecule has 1 aromatic rings. The van der Waals surface area contributed by atoms with Crippen molar-refractivity contribution in [1.82, 2.24) is 0 Å². The fourth-order valence-electron chi connectivity index (χ4n) is 3.24. The quantitative estimate of drug-likeness (QED) is 0.182. The Morgan fingerprint density at radius 3 is 1.64 bits per heavy atom. The van der Waals surface area contributed by atoms with Crippen LogP contribution >= 0.6 is 0 Å². The highest BCUT2D eigenvalue weighted by atomic mass is 16.4. The summed E-state index contributed by atoms with van der Waals surface area (Å²) in [5, 5.41) is 36.7. The average molecular weight is 466 g/mol. The van der Waals surface area contributed by atoms with Crippen LogP contribution in [0.2, 0.25) is 0 Å². The van der Waals surface area contributed by atoms with Gasteiger partial charge in [0.2, 0.25) is 0 Å². The van der Waals surface area contributed by atoms with Gasteiger partial charge < -0.3 is 31.9 Å². The van der Waals surface area contributed by atoms with Gasteiger partial charge in [-0.2, -0.15) is 0 Å². The van der Waals surface area contributed by atoms with Crippen molar-refractivity contribution in [2.45, 2.75) is 49.6 Å². The topological polar surface area (TPSA) is 235 Å². The van der Waals surface area contributed by atoms with Gasteiger partial charge in [-0.25, -0.2) is 9.59 Å². The second-order valence-corrected chi connectivity index (χ2v) is 7.72. The van der Waals surface area contributed by atoms with Gasteiger partial charge in [0, 0.05) is 25.2 Å². The smallest absolute Gasteiger partial charge is 0.331 e. The van der Waals surface area contributed by atoms with Crippen LogP contribution < -0.4 is 11.5 Å². The number of benzene rings is 1. The third-order valence-electron chi connectivity index (χ3n) is 5.29. The highest BCUT2D eigenvalue weighted by molar-refractivity contribution is 6.12. The van der Waals surface area contributed by atoms with E-state index in [0.29, 0.717) is 5.56 Å². The summed E-state index contributed by atoms with van der Waals surface area (Å²) in [6, 6.07) is 8.07. The average Bonchev–Trinajstić information content (AvgIpc) is 2.74. The predicted molar refractivity (Wildman–Crippen MR) is 111 cm³/mol. The Morgan fingerprint density at radius 1 is 0.758 bits per heavy atom. The van der Waals surface area contributed by atoms with E-state index >= 15 is 0 Å². The van der Waals surface area contributed by atoms with Crippen LogP contribution in [-0.4, -0.2) is 66.9 Å². The van der Waals surface area contributed by atoms with Gasteiger partial charge in [-0.15, -0.1) is 0 Å². The molecule has 0 saturated heterocycles. The molecule has 0 aliphatic rings. The van der Waals surface area contributed by atoms with Crippen LogP contribution in [0.15, 0.2) is 30.3 Å². The molecule has 1 rings (SSSR count). The predicted octanol–water partition coefficient (Wildman–Crippen LogP) is -0.333. The Labute approximate surface area is 188 Å². The van der Waals surface area contributed by atoms with E-state index in [2.05, 4.69) is 0 Å². The van der Waals surface area contributed by atoms with Crippen LogP contribution in [-0.2, 0) is 35.2 Å². The minimum atomic E-state index is -2.65. The first-order chi connectivity index (χ1) is 15.2. The molecular weight excluding hydrogens is 440 g/mol. The number of aliphatic carboxylic acids is 4. The molecule has 8 N–H and O–H groups in total. The van der Waals surface area contributed by atoms with Crippen LogP contribution in [0.4, 0.5) is 0 Å². The lowest BCUT2D eigenvalue weighted by Crippen LogP contribution is -2.59. The first-order valence-corrected chi connectivity index (χ1v) is 9.83. The summed E-state index contributed by atoms with van der Waals surface area (Å²) in [4.78, 5) is 71.3. The van der Waals surface area contributed by atoms with E-state index in [9.17, 15) is 39.0 Å². The molecule has 0 aliphatic heterocycles. The minimum absolute atomic E-state index is 0.209. The van der Waals surface area contributed by atoms with E-state index in [1.165, 1.54) is 0 Å². The molecule has 0 spiro atoms. The minimum Gasteiger partial charge on any atom is -0.481 e. The number of rotatable bonds is 15. The summed E-state index contributed by atoms with van der Waals surface area (Å²) in [7, 11) is 0. The van der Waals surface area contributed by atoms with Crippen molar-refractivity contribution in [3.63, 3.8) is 0 Å². The molecule has 0 heterocycles. The molecule has 12 nitrogen and oxygen atoms in total. The lowest BCUT2D eigenvalue weighted by molar-refractivity contribution is -0.154. The Bertz CT molecular complexity index is 932. The Hall–Kier alpha value is -3.64. The molecule has 0 bridgehead atoms. The van der Waals surface area contributed by atoms with Gasteiger partial charge in [0.1, 0.15) is 0 Å². The molecule has 12 heteroatoms. The fourth-order valence-corrected chi connectivity index (χ4v) is 3.24. The number of hydrogen-bond acceptors (Lipinski definition) is 8. The van der Waals surface area contributed by atoms with Crippen molar-refractivity contribution in [1.29, 1.82) is 0 Å². The van der Waals surface area contributed by atoms with E-state index in [0.717, 1.165) is 0 Å². The zero-order valence-electron chi connectivity index (χ0n) is 17.6. The summed E-state index contributed by atoms with van der Waals surface area (Å²) >= 11 is 0. The molecule has 0 aromatic heterocycles. The fraction of sp³-hybridized carbons (Fsp3) is 0.429. The van der Waals surface area contributed by atoms with Crippen molar-refractivity contribution in [2.75, 3.05) is 0 Å². The van der Waals surface area contributed by atoms with Gasteiger partial charge in [-0.05, 0) is 24.8 Å². The van der Waals surface area contributed by atoms with Gasteiger partial charge in [0.05, 0.1) is 0 Å². The molecule has 0 radical (unpaired) electrons. The Kier molecular flexibility index (Phi) is 9.37. The molecule has 180 valence electrons. The van der Waals surface area contributed by atoms with Crippen molar-refractivity contribution in [3.05, 3.63) is 35.9 Å². The zero-order valence-corrected chi connectivity index (χ0v) is 17.6. The zero-order chi connectivity index (χ0) is 25.4. The van der Waals surface area contributed by atoms with Gasteiger partial charge in [-0.3, -0.25) is 19.2 Å². The number of ketones is 2. The number of carbonyl (C=O) groups is 6. The maximum atomic E-state index is 13.2. The number of nitrogens with two attached hydrogens (primary N) is 2. The summed E-state index contributed by atoms with van der Waals surface area (Å²) in [6.07, 6.45) is -4.04. The summed E-state index contributed by atoms with van der Waals surface area (Å²) in [6.45, 7) is 0. The molecule has 33 heavy (non-hydrogen) atoms. The van der Waals surface area contributed by atoms with Crippen molar-refractivity contribution >= 4 is 35.4 Å². The maximum Gasteiger partial charge on any atom is 0.331 e. The van der Waals surface area contributed by atoms with Crippen LogP contribution in [0, 0.1) is 5.92 Å². The largest absolute Gasteiger partial charge is 0.481 e. The van der Waals surface area contributed by atoms with Crippen molar-refractivity contribution < 1.29 is 49.2 Å². The number of carboxylic acid groups (broad SMARTS) is 4. The molecule has 0 aliphatic carbocycles. The summed E-state index contributed by atoms with van der Waals surface area (Å²) < 4.78 is 0. The van der Waals surface area contributed by atoms with Crippen LogP contribution in [0.1, 0.15) is 37.7 Å². The highest BCUT2D eigenvalue weighted by Gasteiger charge is 2.48. The maximum absolute atomic E-state index is 13.2. The Morgan fingerprint density at radius 2 is 1.21 bits per heavy atom. The van der Waals surface area contributed by atoms with E-state index in [1.807, 2.05) is 0 Å². The summed E-state index contributed by atoms with van der Waals surface area (Å²) in [5.74, 6) is -10.2. The van der Waals surface area contributed by atoms with Crippen molar-refractivity contribution in [2.24, 2.45) is 17.4 Å². The first kappa shape index (κ1) is 27.4. The SMILES string of the molecule is NC(CCC(=O)O)(C(=O)O)C(=O)CC(Cc1ccccc1)C(=O)C(N)(CCC(=O)O)C(=O)O. The lowest BCUT2D eigenvalue weighted by atomic mass is 9.75. The van der Waals surface area contributed by atoms with E-state index < -0.39 is 84.5 Å². The van der Waals surface area contributed by atoms with Crippen LogP contribution in [0.3, 0.4) is 0 Å². The number of carbonyl (C=O) groups excluding carboxylic acids is 2. The van der Waals surface area contributed by atoms with Crippen molar-refractivity contribution in [3.8, 4) is 0 Å². The lowest BCUT2D eigenvalue weighted by Gasteiger charge is -2.30. The molecular formula is C21H26N2O10. The van der Waals surface area contributed by atoms with E-state index in [4.69, 9.17) is 21.7 Å². The standard InChI is InChI=1S/C21H26N2O10/c22-20(18(30)31,8-6-15(25)26)14(24)11-13(10-12-4-2-1-3-5-12)17(29)21(23,19(32)33)9-7-16(27)28/h1-5,13H,6-11,22-23H2,(H,25,26)(H,27,28)(H,30,31)(H,32,33). The van der Waals surface area contributed by atoms with E-state index in [1.54, 1.807) is 30.3 Å². The number of carboxylic acids is 4. The molecule has 0 amide bonds. The van der Waals surface area contributed by atoms with Crippen LogP contribution in [0.5, 0.6) is 0 Å². The third kappa shape index (κ3) is 7.19. The third-order valence-corrected chi connectivity index (χ3v) is 5.29. The molecule has 3 unspecified atom stereocenters. The normalized spacial score (nSPS) is 15.5. The summed E-state index contributed by atoms with van der Waals surface area (Å²) in [5.41, 5.74) is 6.69. The number of hydrogen-bond donors (Lipinski definition) is 6. The monoisotopic (exact) mass is 466 g/mol. The first-order valence-electron chi connectivity index (χ1n) is 9.83. The number of Topliss-reactive ketones (excluding diaryl/α,β-unsaturated/α-hetero) is 2. The second-order valence-electron chi connectivity index (χ2n) is 7.72. The molecule has 0 saturated carbocycles. The highest BCUT2D eigenvalue weighted by Crippen LogP contribution is 2.26. The van der Waals surface area contributed by atoms with Crippen LogP contribution in [0.25, 0.3) is 0 Å². The van der Waals surface area contributed by atoms with Gasteiger partial charge in [-0.1, -0.05) is 30.3 Å². The van der Waals surface area contributed by atoms with Gasteiger partial charge in [0.25, 0.3) is 0 Å². The second kappa shape index (κ2) is 11.3. The van der Waals surface area contributed by atoms with Gasteiger partial charge >= 0.3 is 23.9 Å². The molecule has 0 fully saturated rings. The molecule has 3 atom stereocenters. The van der Waals surface area contributed by atoms with E-state index in [-0.39, 0.29) is 6.42 Å². The van der Waals surface area contributed by atoms with Gasteiger partial charge in [0.15, 0.2) is 22.6 Å². The Balaban J connectivity index is 3.35.